The van der Waals surface area contributed by atoms with Crippen molar-refractivity contribution in [3.8, 4) is 28.6 Å². The number of fused-ring (bicyclic) bond motifs is 1. The summed E-state index contributed by atoms with van der Waals surface area (Å²) in [6.07, 6.45) is 0. The molecule has 168 valence electrons. The van der Waals surface area contributed by atoms with Crippen molar-refractivity contribution < 1.29 is 33.0 Å². The van der Waals surface area contributed by atoms with Gasteiger partial charge in [-0.3, -0.25) is 0 Å². The molecule has 0 aliphatic rings. The molecule has 3 aromatic carbocycles. The number of methoxy groups -OCH3 is 2. The normalized spacial score (nSPS) is 10.6. The molecule has 0 spiro atoms. The van der Waals surface area contributed by atoms with Gasteiger partial charge >= 0.3 is 11.9 Å². The molecule has 0 bridgehead atoms. The van der Waals surface area contributed by atoms with Crippen molar-refractivity contribution in [2.45, 2.75) is 6.92 Å². The molecular formula is C26H22O7. The molecule has 4 aromatic rings. The van der Waals surface area contributed by atoms with Crippen LogP contribution in [0.15, 0.2) is 71.1 Å². The fourth-order valence-corrected chi connectivity index (χ4v) is 3.38. The Morgan fingerprint density at radius 2 is 1.39 bits per heavy atom. The Morgan fingerprint density at radius 1 is 0.788 bits per heavy atom. The third kappa shape index (κ3) is 4.52. The summed E-state index contributed by atoms with van der Waals surface area (Å²) in [6, 6.07) is 18.6. The van der Waals surface area contributed by atoms with Gasteiger partial charge in [0, 0.05) is 10.9 Å². The molecule has 33 heavy (non-hydrogen) atoms. The minimum absolute atomic E-state index is 0.208. The van der Waals surface area contributed by atoms with E-state index in [-0.39, 0.29) is 17.9 Å². The average molecular weight is 446 g/mol. The quantitative estimate of drug-likeness (QED) is 0.273. The van der Waals surface area contributed by atoms with Crippen molar-refractivity contribution in [2.75, 3.05) is 20.8 Å². The molecule has 0 saturated carbocycles. The Hall–Kier alpha value is -4.26. The number of hydrogen-bond acceptors (Lipinski definition) is 7. The topological polar surface area (TPSA) is 84.2 Å². The average Bonchev–Trinajstić information content (AvgIpc) is 3.23. The SMILES string of the molecule is CCOC(=O)c1c(-c2ccc(OC)cc2)oc2ccc(OC(=O)c3ccc(OC)cc3)cc12. The van der Waals surface area contributed by atoms with Crippen LogP contribution in [0.3, 0.4) is 0 Å². The van der Waals surface area contributed by atoms with Crippen molar-refractivity contribution in [1.82, 2.24) is 0 Å². The van der Waals surface area contributed by atoms with Crippen LogP contribution >= 0.6 is 0 Å². The zero-order chi connectivity index (χ0) is 23.4. The second-order valence-electron chi connectivity index (χ2n) is 7.03. The van der Waals surface area contributed by atoms with E-state index in [0.717, 1.165) is 0 Å². The molecule has 0 amide bonds. The monoisotopic (exact) mass is 446 g/mol. The third-order valence-corrected chi connectivity index (χ3v) is 5.03. The summed E-state index contributed by atoms with van der Waals surface area (Å²) in [5.41, 5.74) is 1.78. The lowest BCUT2D eigenvalue weighted by Crippen LogP contribution is -2.08. The van der Waals surface area contributed by atoms with Gasteiger partial charge in [0.15, 0.2) is 0 Å². The molecule has 0 radical (unpaired) electrons. The highest BCUT2D eigenvalue weighted by molar-refractivity contribution is 6.09. The standard InChI is InChI=1S/C26H22O7/c1-4-31-26(28)23-21-15-20(32-25(27)17-7-11-19(30-3)12-8-17)13-14-22(21)33-24(23)16-5-9-18(29-2)10-6-16/h5-15H,4H2,1-3H3. The molecule has 1 heterocycles. The van der Waals surface area contributed by atoms with Crippen molar-refractivity contribution in [2.24, 2.45) is 0 Å². The maximum Gasteiger partial charge on any atom is 0.343 e. The van der Waals surface area contributed by atoms with Crippen molar-refractivity contribution in [1.29, 1.82) is 0 Å². The van der Waals surface area contributed by atoms with Crippen LogP contribution in [0.2, 0.25) is 0 Å². The lowest BCUT2D eigenvalue weighted by Gasteiger charge is -2.06. The summed E-state index contributed by atoms with van der Waals surface area (Å²) in [4.78, 5) is 25.4. The van der Waals surface area contributed by atoms with E-state index >= 15 is 0 Å². The number of furan rings is 1. The molecule has 0 saturated heterocycles. The van der Waals surface area contributed by atoms with Crippen LogP contribution in [0.25, 0.3) is 22.3 Å². The highest BCUT2D eigenvalue weighted by Crippen LogP contribution is 2.36. The van der Waals surface area contributed by atoms with Crippen LogP contribution in [-0.4, -0.2) is 32.8 Å². The maximum absolute atomic E-state index is 12.8. The molecule has 1 aromatic heterocycles. The van der Waals surface area contributed by atoms with Gasteiger partial charge in [-0.25, -0.2) is 9.59 Å². The van der Waals surface area contributed by atoms with Crippen LogP contribution < -0.4 is 14.2 Å². The van der Waals surface area contributed by atoms with E-state index in [2.05, 4.69) is 0 Å². The van der Waals surface area contributed by atoms with Gasteiger partial charge in [-0.15, -0.1) is 0 Å². The van der Waals surface area contributed by atoms with Gasteiger partial charge in [-0.2, -0.15) is 0 Å². The van der Waals surface area contributed by atoms with Crippen LogP contribution in [0.5, 0.6) is 17.2 Å². The molecule has 0 N–H and O–H groups in total. The number of hydrogen-bond donors (Lipinski definition) is 0. The van der Waals surface area contributed by atoms with Gasteiger partial charge < -0.3 is 23.4 Å². The Morgan fingerprint density at radius 3 is 2.00 bits per heavy atom. The number of benzene rings is 3. The summed E-state index contributed by atoms with van der Waals surface area (Å²) in [7, 11) is 3.13. The molecule has 0 fully saturated rings. The number of rotatable bonds is 7. The van der Waals surface area contributed by atoms with E-state index < -0.39 is 11.9 Å². The van der Waals surface area contributed by atoms with Gasteiger partial charge in [-0.05, 0) is 73.7 Å². The van der Waals surface area contributed by atoms with Crippen molar-refractivity contribution >= 4 is 22.9 Å². The Kier molecular flexibility index (Phi) is 6.31. The number of carbonyl (C=O) groups is 2. The predicted octanol–water partition coefficient (Wildman–Crippen LogP) is 5.51. The highest BCUT2D eigenvalue weighted by atomic mass is 16.5. The molecule has 7 heteroatoms. The van der Waals surface area contributed by atoms with Crippen molar-refractivity contribution in [3.63, 3.8) is 0 Å². The fraction of sp³-hybridized carbons (Fsp3) is 0.154. The first kappa shape index (κ1) is 22.0. The van der Waals surface area contributed by atoms with Crippen LogP contribution in [0.4, 0.5) is 0 Å². The van der Waals surface area contributed by atoms with E-state index in [0.29, 0.717) is 39.4 Å². The smallest absolute Gasteiger partial charge is 0.343 e. The van der Waals surface area contributed by atoms with Crippen LogP contribution in [0, 0.1) is 0 Å². The van der Waals surface area contributed by atoms with Gasteiger partial charge in [0.25, 0.3) is 0 Å². The predicted molar refractivity (Wildman–Crippen MR) is 122 cm³/mol. The Balaban J connectivity index is 1.72. The maximum atomic E-state index is 12.8. The lowest BCUT2D eigenvalue weighted by molar-refractivity contribution is 0.0528. The molecule has 4 rings (SSSR count). The first-order valence-electron chi connectivity index (χ1n) is 10.3. The second kappa shape index (κ2) is 9.48. The fourth-order valence-electron chi connectivity index (χ4n) is 3.38. The van der Waals surface area contributed by atoms with E-state index in [4.69, 9.17) is 23.4 Å². The molecule has 0 aliphatic heterocycles. The Bertz CT molecular complexity index is 1280. The molecule has 7 nitrogen and oxygen atoms in total. The van der Waals surface area contributed by atoms with E-state index in [1.807, 2.05) is 0 Å². The van der Waals surface area contributed by atoms with Gasteiger partial charge in [0.05, 0.1) is 26.4 Å². The number of esters is 2. The summed E-state index contributed by atoms with van der Waals surface area (Å²) < 4.78 is 27.1. The molecule has 0 unspecified atom stereocenters. The minimum atomic E-state index is -0.534. The summed E-state index contributed by atoms with van der Waals surface area (Å²) in [6.45, 7) is 1.94. The van der Waals surface area contributed by atoms with E-state index in [9.17, 15) is 9.59 Å². The zero-order valence-electron chi connectivity index (χ0n) is 18.4. The number of ether oxygens (including phenoxy) is 4. The first-order chi connectivity index (χ1) is 16.0. The minimum Gasteiger partial charge on any atom is -0.497 e. The first-order valence-corrected chi connectivity index (χ1v) is 10.3. The zero-order valence-corrected chi connectivity index (χ0v) is 18.4. The van der Waals surface area contributed by atoms with Crippen LogP contribution in [0.1, 0.15) is 27.6 Å². The molecule has 0 aliphatic carbocycles. The van der Waals surface area contributed by atoms with Gasteiger partial charge in [0.1, 0.15) is 34.2 Å². The highest BCUT2D eigenvalue weighted by Gasteiger charge is 2.24. The van der Waals surface area contributed by atoms with Gasteiger partial charge in [-0.1, -0.05) is 0 Å². The second-order valence-corrected chi connectivity index (χ2v) is 7.03. The van der Waals surface area contributed by atoms with E-state index in [1.54, 1.807) is 87.9 Å². The Labute approximate surface area is 190 Å². The summed E-state index contributed by atoms with van der Waals surface area (Å²) >= 11 is 0. The number of carbonyl (C=O) groups excluding carboxylic acids is 2. The summed E-state index contributed by atoms with van der Waals surface area (Å²) in [5, 5.41) is 0.485. The lowest BCUT2D eigenvalue weighted by atomic mass is 10.1. The largest absolute Gasteiger partial charge is 0.497 e. The summed E-state index contributed by atoms with van der Waals surface area (Å²) in [5.74, 6) is 0.895. The van der Waals surface area contributed by atoms with Gasteiger partial charge in [0.2, 0.25) is 0 Å². The molecule has 0 atom stereocenters. The molecular weight excluding hydrogens is 424 g/mol. The van der Waals surface area contributed by atoms with Crippen LogP contribution in [-0.2, 0) is 4.74 Å². The third-order valence-electron chi connectivity index (χ3n) is 5.03. The van der Waals surface area contributed by atoms with E-state index in [1.165, 1.54) is 0 Å². The van der Waals surface area contributed by atoms with Crippen molar-refractivity contribution in [3.05, 3.63) is 77.9 Å².